The summed E-state index contributed by atoms with van der Waals surface area (Å²) in [4.78, 5) is 35.8. The quantitative estimate of drug-likeness (QED) is 0.901. The van der Waals surface area contributed by atoms with Crippen LogP contribution in [0.2, 0.25) is 0 Å². The minimum absolute atomic E-state index is 0.0504. The number of rotatable bonds is 2. The number of hydrogen-bond donors (Lipinski definition) is 1. The van der Waals surface area contributed by atoms with E-state index >= 15 is 0 Å². The van der Waals surface area contributed by atoms with Crippen LogP contribution < -0.4 is 0 Å². The first-order valence-corrected chi connectivity index (χ1v) is 9.21. The monoisotopic (exact) mass is 355 g/mol. The van der Waals surface area contributed by atoms with Gasteiger partial charge in [0.05, 0.1) is 23.7 Å². The number of nitrogens with zero attached hydrogens (tertiary/aromatic N) is 2. The molecule has 3 heterocycles. The highest BCUT2D eigenvalue weighted by molar-refractivity contribution is 6.06. The molecule has 0 bridgehead atoms. The first-order valence-electron chi connectivity index (χ1n) is 9.21. The van der Waals surface area contributed by atoms with E-state index in [0.29, 0.717) is 19.5 Å². The number of aryl methyl sites for hydroxylation is 2. The third kappa shape index (κ3) is 2.43. The van der Waals surface area contributed by atoms with Gasteiger partial charge in [-0.25, -0.2) is 5.06 Å². The molecule has 6 nitrogen and oxygen atoms in total. The van der Waals surface area contributed by atoms with Crippen LogP contribution in [0.4, 0.5) is 0 Å². The number of carbonyl (C=O) groups is 2. The first kappa shape index (κ1) is 17.1. The molecule has 138 valence electrons. The maximum absolute atomic E-state index is 13.1. The summed E-state index contributed by atoms with van der Waals surface area (Å²) in [6, 6.07) is 5.89. The van der Waals surface area contributed by atoms with Crippen LogP contribution >= 0.6 is 0 Å². The lowest BCUT2D eigenvalue weighted by Crippen LogP contribution is -2.53. The summed E-state index contributed by atoms with van der Waals surface area (Å²) < 4.78 is 0. The summed E-state index contributed by atoms with van der Waals surface area (Å²) in [6.45, 7) is 5.39. The van der Waals surface area contributed by atoms with Crippen LogP contribution in [0.1, 0.15) is 47.3 Å². The lowest BCUT2D eigenvalue weighted by Gasteiger charge is -2.43. The van der Waals surface area contributed by atoms with Crippen molar-refractivity contribution in [2.24, 2.45) is 0 Å². The van der Waals surface area contributed by atoms with Gasteiger partial charge >= 0.3 is 0 Å². The number of fused-ring (bicyclic) bond motifs is 1. The molecule has 0 saturated carbocycles. The Balaban J connectivity index is 1.56. The van der Waals surface area contributed by atoms with Gasteiger partial charge in [0.25, 0.3) is 5.91 Å². The molecule has 2 aliphatic heterocycles. The number of likely N-dealkylation sites (tertiary alicyclic amines) is 1. The molecule has 26 heavy (non-hydrogen) atoms. The summed E-state index contributed by atoms with van der Waals surface area (Å²) in [7, 11) is 1.55. The van der Waals surface area contributed by atoms with E-state index in [2.05, 4.69) is 18.0 Å². The number of nitrogens with one attached hydrogen (secondary N) is 1. The summed E-state index contributed by atoms with van der Waals surface area (Å²) in [5.41, 5.74) is 3.68. The Morgan fingerprint density at radius 2 is 1.92 bits per heavy atom. The number of hydrogen-bond acceptors (Lipinski definition) is 3. The van der Waals surface area contributed by atoms with E-state index in [1.807, 2.05) is 24.0 Å². The summed E-state index contributed by atoms with van der Waals surface area (Å²) in [6.07, 6.45) is 2.86. The molecule has 4 rings (SSSR count). The maximum Gasteiger partial charge on any atom is 0.255 e. The topological polar surface area (TPSA) is 65.6 Å². The number of benzene rings is 1. The van der Waals surface area contributed by atoms with Crippen molar-refractivity contribution in [3.8, 4) is 0 Å². The fraction of sp³-hybridized carbons (Fsp3) is 0.500. The van der Waals surface area contributed by atoms with Gasteiger partial charge in [0, 0.05) is 30.6 Å². The van der Waals surface area contributed by atoms with Crippen molar-refractivity contribution in [2.75, 3.05) is 20.2 Å². The third-order valence-electron chi connectivity index (χ3n) is 6.20. The molecule has 0 radical (unpaired) electrons. The number of aromatic amines is 1. The average Bonchev–Trinajstić information content (AvgIpc) is 3.12. The lowest BCUT2D eigenvalue weighted by atomic mass is 9.85. The molecule has 2 amide bonds. The fourth-order valence-corrected chi connectivity index (χ4v) is 4.51. The van der Waals surface area contributed by atoms with Gasteiger partial charge < -0.3 is 9.88 Å². The zero-order valence-electron chi connectivity index (χ0n) is 15.6. The molecule has 1 aromatic heterocycles. The zero-order valence-corrected chi connectivity index (χ0v) is 15.6. The van der Waals surface area contributed by atoms with Crippen LogP contribution in [-0.2, 0) is 9.63 Å². The van der Waals surface area contributed by atoms with Crippen molar-refractivity contribution in [3.63, 3.8) is 0 Å². The first-order chi connectivity index (χ1) is 12.5. The minimum atomic E-state index is -0.242. The molecule has 2 saturated heterocycles. The molecule has 2 fully saturated rings. The van der Waals surface area contributed by atoms with Crippen molar-refractivity contribution >= 4 is 22.7 Å². The predicted molar refractivity (Wildman–Crippen MR) is 98.7 cm³/mol. The number of para-hydroxylation sites is 1. The molecule has 1 N–H and O–H groups in total. The number of H-pyrrole nitrogens is 1. The van der Waals surface area contributed by atoms with E-state index in [4.69, 9.17) is 4.84 Å². The van der Waals surface area contributed by atoms with Gasteiger partial charge in [0.15, 0.2) is 0 Å². The molecular weight excluding hydrogens is 330 g/mol. The average molecular weight is 355 g/mol. The fourth-order valence-electron chi connectivity index (χ4n) is 4.51. The second kappa shape index (κ2) is 6.13. The second-order valence-corrected chi connectivity index (χ2v) is 7.49. The molecule has 2 aliphatic rings. The van der Waals surface area contributed by atoms with Gasteiger partial charge in [-0.1, -0.05) is 12.1 Å². The molecule has 2 aromatic rings. The Bertz CT molecular complexity index is 878. The predicted octanol–water partition coefficient (Wildman–Crippen LogP) is 2.94. The van der Waals surface area contributed by atoms with Gasteiger partial charge in [-0.3, -0.25) is 14.4 Å². The summed E-state index contributed by atoms with van der Waals surface area (Å²) >= 11 is 0. The number of carbonyl (C=O) groups excluding carboxylic acids is 2. The Labute approximate surface area is 153 Å². The van der Waals surface area contributed by atoms with E-state index in [1.165, 1.54) is 5.56 Å². The van der Waals surface area contributed by atoms with E-state index in [9.17, 15) is 9.59 Å². The Morgan fingerprint density at radius 3 is 2.62 bits per heavy atom. The SMILES string of the molecule is CON1C(=O)CCC12CCN(C(=O)c1cccc3c(C)c(C)[nH]c13)CC2. The maximum atomic E-state index is 13.1. The van der Waals surface area contributed by atoms with E-state index in [0.717, 1.165) is 41.4 Å². The molecule has 0 aliphatic carbocycles. The summed E-state index contributed by atoms with van der Waals surface area (Å²) in [5.74, 6) is 0.106. The van der Waals surface area contributed by atoms with Crippen LogP contribution in [0.15, 0.2) is 18.2 Å². The van der Waals surface area contributed by atoms with E-state index < -0.39 is 0 Å². The number of piperidine rings is 1. The van der Waals surface area contributed by atoms with Gasteiger partial charge in [-0.05, 0) is 44.7 Å². The van der Waals surface area contributed by atoms with Gasteiger partial charge in [0.1, 0.15) is 0 Å². The van der Waals surface area contributed by atoms with Crippen LogP contribution in [0, 0.1) is 13.8 Å². The zero-order chi connectivity index (χ0) is 18.5. The smallest absolute Gasteiger partial charge is 0.255 e. The summed E-state index contributed by atoms with van der Waals surface area (Å²) in [5, 5.41) is 2.65. The highest BCUT2D eigenvalue weighted by Gasteiger charge is 2.48. The van der Waals surface area contributed by atoms with Crippen molar-refractivity contribution in [3.05, 3.63) is 35.0 Å². The van der Waals surface area contributed by atoms with Crippen molar-refractivity contribution in [1.29, 1.82) is 0 Å². The normalized spacial score (nSPS) is 19.7. The lowest BCUT2D eigenvalue weighted by molar-refractivity contribution is -0.201. The Hall–Kier alpha value is -2.34. The van der Waals surface area contributed by atoms with Gasteiger partial charge in [0.2, 0.25) is 5.91 Å². The van der Waals surface area contributed by atoms with E-state index in [-0.39, 0.29) is 17.4 Å². The highest BCUT2D eigenvalue weighted by Crippen LogP contribution is 2.39. The molecule has 0 unspecified atom stereocenters. The highest BCUT2D eigenvalue weighted by atomic mass is 16.7. The standard InChI is InChI=1S/C20H25N3O3/c1-13-14(2)21-18-15(13)5-4-6-16(18)19(25)22-11-9-20(10-12-22)8-7-17(24)23(20)26-3/h4-6,21H,7-12H2,1-3H3. The number of aromatic nitrogens is 1. The van der Waals surface area contributed by atoms with Crippen molar-refractivity contribution < 1.29 is 14.4 Å². The number of hydroxylamine groups is 2. The third-order valence-corrected chi connectivity index (χ3v) is 6.20. The van der Waals surface area contributed by atoms with Crippen LogP contribution in [0.25, 0.3) is 10.9 Å². The molecule has 1 spiro atoms. The van der Waals surface area contributed by atoms with Gasteiger partial charge in [-0.2, -0.15) is 0 Å². The Kier molecular flexibility index (Phi) is 4.03. The molecule has 0 atom stereocenters. The van der Waals surface area contributed by atoms with Crippen molar-refractivity contribution in [1.82, 2.24) is 14.9 Å². The minimum Gasteiger partial charge on any atom is -0.358 e. The largest absolute Gasteiger partial charge is 0.358 e. The van der Waals surface area contributed by atoms with Crippen LogP contribution in [0.3, 0.4) is 0 Å². The molecule has 6 heteroatoms. The van der Waals surface area contributed by atoms with Crippen molar-refractivity contribution in [2.45, 2.75) is 45.1 Å². The number of amides is 2. The van der Waals surface area contributed by atoms with E-state index in [1.54, 1.807) is 12.2 Å². The van der Waals surface area contributed by atoms with Crippen LogP contribution in [-0.4, -0.2) is 52.5 Å². The molecule has 1 aromatic carbocycles. The van der Waals surface area contributed by atoms with Gasteiger partial charge in [-0.15, -0.1) is 0 Å². The second-order valence-electron chi connectivity index (χ2n) is 7.49. The molecular formula is C20H25N3O3. The van der Waals surface area contributed by atoms with Crippen LogP contribution in [0.5, 0.6) is 0 Å². The Morgan fingerprint density at radius 1 is 1.19 bits per heavy atom.